The number of nitrogens with one attached hydrogen (secondary N) is 1. The van der Waals surface area contributed by atoms with Crippen LogP contribution in [0.3, 0.4) is 0 Å². The Balaban J connectivity index is 2.40. The highest BCUT2D eigenvalue weighted by atomic mass is 79.9. The van der Waals surface area contributed by atoms with Crippen molar-refractivity contribution in [2.24, 2.45) is 0 Å². The summed E-state index contributed by atoms with van der Waals surface area (Å²) >= 11 is 6.97. The number of benzene rings is 1. The van der Waals surface area contributed by atoms with Crippen LogP contribution in [0.25, 0.3) is 11.4 Å². The minimum Gasteiger partial charge on any atom is -0.369 e. The first-order valence-corrected chi connectivity index (χ1v) is 7.74. The summed E-state index contributed by atoms with van der Waals surface area (Å²) in [6, 6.07) is 8.01. The summed E-state index contributed by atoms with van der Waals surface area (Å²) < 4.78 is 1.98. The van der Waals surface area contributed by atoms with Gasteiger partial charge in [0.1, 0.15) is 5.82 Å². The first-order chi connectivity index (χ1) is 9.11. The number of aromatic nitrogens is 2. The average Bonchev–Trinajstić information content (AvgIpc) is 2.41. The predicted octanol–water partition coefficient (Wildman–Crippen LogP) is 4.80. The van der Waals surface area contributed by atoms with E-state index in [1.54, 1.807) is 0 Å². The highest BCUT2D eigenvalue weighted by Gasteiger charge is 2.10. The molecule has 1 aromatic heterocycles. The Morgan fingerprint density at radius 1 is 1.11 bits per heavy atom. The van der Waals surface area contributed by atoms with Gasteiger partial charge in [0.15, 0.2) is 5.82 Å². The van der Waals surface area contributed by atoms with E-state index < -0.39 is 0 Å². The Kier molecular flexibility index (Phi) is 4.93. The standard InChI is InChI=1S/C14H15Br2N3/c1-3-8-17-14-12(16)9(2)18-13(19-14)10-4-6-11(15)7-5-10/h4-7H,3,8H2,1-2H3,(H,17,18,19). The Bertz CT molecular complexity index is 568. The molecule has 0 aliphatic heterocycles. The number of aryl methyl sites for hydroxylation is 1. The molecule has 2 rings (SSSR count). The SMILES string of the molecule is CCCNc1nc(-c2ccc(Br)cc2)nc(C)c1Br. The minimum atomic E-state index is 0.742. The highest BCUT2D eigenvalue weighted by Crippen LogP contribution is 2.27. The summed E-state index contributed by atoms with van der Waals surface area (Å²) in [5.74, 6) is 1.60. The van der Waals surface area contributed by atoms with Gasteiger partial charge in [0, 0.05) is 16.6 Å². The summed E-state index contributed by atoms with van der Waals surface area (Å²) in [6.45, 7) is 5.00. The number of hydrogen-bond acceptors (Lipinski definition) is 3. The molecular formula is C14H15Br2N3. The lowest BCUT2D eigenvalue weighted by molar-refractivity contribution is 0.958. The van der Waals surface area contributed by atoms with Crippen molar-refractivity contribution in [2.75, 3.05) is 11.9 Å². The Hall–Kier alpha value is -0.940. The molecule has 0 saturated heterocycles. The second-order valence-corrected chi connectivity index (χ2v) is 5.94. The fourth-order valence-electron chi connectivity index (χ4n) is 1.65. The van der Waals surface area contributed by atoms with Crippen molar-refractivity contribution < 1.29 is 0 Å². The molecule has 3 nitrogen and oxygen atoms in total. The van der Waals surface area contributed by atoms with Gasteiger partial charge in [-0.3, -0.25) is 0 Å². The second-order valence-electron chi connectivity index (χ2n) is 4.23. The molecule has 1 heterocycles. The smallest absolute Gasteiger partial charge is 0.161 e. The van der Waals surface area contributed by atoms with E-state index in [2.05, 4.69) is 54.1 Å². The molecule has 0 spiro atoms. The van der Waals surface area contributed by atoms with E-state index in [4.69, 9.17) is 0 Å². The fourth-order valence-corrected chi connectivity index (χ4v) is 2.23. The molecule has 19 heavy (non-hydrogen) atoms. The number of rotatable bonds is 4. The molecule has 0 saturated carbocycles. The van der Waals surface area contributed by atoms with Crippen LogP contribution >= 0.6 is 31.9 Å². The van der Waals surface area contributed by atoms with Crippen molar-refractivity contribution in [3.8, 4) is 11.4 Å². The monoisotopic (exact) mass is 383 g/mol. The van der Waals surface area contributed by atoms with Crippen LogP contribution < -0.4 is 5.32 Å². The van der Waals surface area contributed by atoms with E-state index in [0.29, 0.717) is 0 Å². The van der Waals surface area contributed by atoms with Gasteiger partial charge in [-0.05, 0) is 41.4 Å². The van der Waals surface area contributed by atoms with Crippen LogP contribution in [0.5, 0.6) is 0 Å². The molecule has 2 aromatic rings. The number of anilines is 1. The van der Waals surface area contributed by atoms with Crippen molar-refractivity contribution >= 4 is 37.7 Å². The van der Waals surface area contributed by atoms with E-state index in [1.807, 2.05) is 31.2 Å². The number of hydrogen-bond donors (Lipinski definition) is 1. The highest BCUT2D eigenvalue weighted by molar-refractivity contribution is 9.10. The van der Waals surface area contributed by atoms with E-state index in [-0.39, 0.29) is 0 Å². The molecular weight excluding hydrogens is 370 g/mol. The van der Waals surface area contributed by atoms with E-state index >= 15 is 0 Å². The van der Waals surface area contributed by atoms with E-state index in [1.165, 1.54) is 0 Å². The van der Waals surface area contributed by atoms with Gasteiger partial charge in [-0.1, -0.05) is 35.0 Å². The van der Waals surface area contributed by atoms with Crippen LogP contribution in [0.1, 0.15) is 19.0 Å². The number of nitrogens with zero attached hydrogens (tertiary/aromatic N) is 2. The molecule has 0 aliphatic rings. The van der Waals surface area contributed by atoms with E-state index in [9.17, 15) is 0 Å². The Labute approximate surface area is 130 Å². The van der Waals surface area contributed by atoms with Crippen LogP contribution in [-0.4, -0.2) is 16.5 Å². The van der Waals surface area contributed by atoms with Gasteiger partial charge in [-0.2, -0.15) is 0 Å². The second kappa shape index (κ2) is 6.48. The zero-order valence-electron chi connectivity index (χ0n) is 10.9. The zero-order chi connectivity index (χ0) is 13.8. The zero-order valence-corrected chi connectivity index (χ0v) is 14.0. The quantitative estimate of drug-likeness (QED) is 0.822. The molecule has 0 bridgehead atoms. The topological polar surface area (TPSA) is 37.8 Å². The summed E-state index contributed by atoms with van der Waals surface area (Å²) in [7, 11) is 0. The van der Waals surface area contributed by atoms with Crippen LogP contribution in [0, 0.1) is 6.92 Å². The first-order valence-electron chi connectivity index (χ1n) is 6.15. The largest absolute Gasteiger partial charge is 0.369 e. The summed E-state index contributed by atoms with van der Waals surface area (Å²) in [6.07, 6.45) is 1.06. The molecule has 0 radical (unpaired) electrons. The van der Waals surface area contributed by atoms with Gasteiger partial charge in [-0.15, -0.1) is 0 Å². The lowest BCUT2D eigenvalue weighted by Gasteiger charge is -2.10. The molecule has 5 heteroatoms. The third-order valence-corrected chi connectivity index (χ3v) is 4.14. The molecule has 0 amide bonds. The number of halogens is 2. The lowest BCUT2D eigenvalue weighted by atomic mass is 10.2. The van der Waals surface area contributed by atoms with Crippen molar-refractivity contribution in [3.05, 3.63) is 38.9 Å². The van der Waals surface area contributed by atoms with Crippen LogP contribution in [-0.2, 0) is 0 Å². The summed E-state index contributed by atoms with van der Waals surface area (Å²) in [4.78, 5) is 9.11. The molecule has 0 fully saturated rings. The van der Waals surface area contributed by atoms with Crippen molar-refractivity contribution in [3.63, 3.8) is 0 Å². The third-order valence-electron chi connectivity index (χ3n) is 2.66. The van der Waals surface area contributed by atoms with Gasteiger partial charge in [-0.25, -0.2) is 9.97 Å². The molecule has 100 valence electrons. The van der Waals surface area contributed by atoms with Gasteiger partial charge in [0.05, 0.1) is 10.2 Å². The van der Waals surface area contributed by atoms with Gasteiger partial charge < -0.3 is 5.32 Å². The minimum absolute atomic E-state index is 0.742. The van der Waals surface area contributed by atoms with Gasteiger partial charge in [0.2, 0.25) is 0 Å². The normalized spacial score (nSPS) is 10.5. The third kappa shape index (κ3) is 3.54. The molecule has 1 N–H and O–H groups in total. The maximum atomic E-state index is 4.59. The van der Waals surface area contributed by atoms with Crippen molar-refractivity contribution in [1.29, 1.82) is 0 Å². The summed E-state index contributed by atoms with van der Waals surface area (Å²) in [5, 5.41) is 3.32. The van der Waals surface area contributed by atoms with Crippen LogP contribution in [0.15, 0.2) is 33.2 Å². The average molecular weight is 385 g/mol. The van der Waals surface area contributed by atoms with Crippen molar-refractivity contribution in [2.45, 2.75) is 20.3 Å². The van der Waals surface area contributed by atoms with Gasteiger partial charge >= 0.3 is 0 Å². The maximum absolute atomic E-state index is 4.59. The Morgan fingerprint density at radius 2 is 1.79 bits per heavy atom. The van der Waals surface area contributed by atoms with E-state index in [0.717, 1.165) is 44.8 Å². The fraction of sp³-hybridized carbons (Fsp3) is 0.286. The Morgan fingerprint density at radius 3 is 2.42 bits per heavy atom. The maximum Gasteiger partial charge on any atom is 0.161 e. The van der Waals surface area contributed by atoms with Gasteiger partial charge in [0.25, 0.3) is 0 Å². The molecule has 0 atom stereocenters. The predicted molar refractivity (Wildman–Crippen MR) is 86.4 cm³/mol. The summed E-state index contributed by atoms with van der Waals surface area (Å²) in [5.41, 5.74) is 1.95. The van der Waals surface area contributed by atoms with Crippen LogP contribution in [0.2, 0.25) is 0 Å². The first kappa shape index (κ1) is 14.5. The molecule has 0 unspecified atom stereocenters. The molecule has 1 aromatic carbocycles. The van der Waals surface area contributed by atoms with Crippen LogP contribution in [0.4, 0.5) is 5.82 Å². The lowest BCUT2D eigenvalue weighted by Crippen LogP contribution is -2.06. The van der Waals surface area contributed by atoms with Crippen molar-refractivity contribution in [1.82, 2.24) is 9.97 Å². The molecule has 0 aliphatic carbocycles.